The summed E-state index contributed by atoms with van der Waals surface area (Å²) < 4.78 is 7.17. The maximum Gasteiger partial charge on any atom is 0.262 e. The van der Waals surface area contributed by atoms with Gasteiger partial charge in [-0.1, -0.05) is 29.8 Å². The number of thiophene rings is 1. The molecule has 1 aliphatic carbocycles. The van der Waals surface area contributed by atoms with Crippen LogP contribution in [0.4, 0.5) is 0 Å². The van der Waals surface area contributed by atoms with Crippen molar-refractivity contribution in [3.05, 3.63) is 92.3 Å². The van der Waals surface area contributed by atoms with E-state index in [0.29, 0.717) is 12.0 Å². The Bertz CT molecular complexity index is 1440. The Labute approximate surface area is 207 Å². The molecule has 2 aromatic heterocycles. The molecule has 1 aliphatic rings. The highest BCUT2D eigenvalue weighted by molar-refractivity contribution is 7.18. The monoisotopic (exact) mass is 486 g/mol. The third-order valence-electron chi connectivity index (χ3n) is 6.06. The average molecular weight is 487 g/mol. The number of hydrogen-bond donors (Lipinski definition) is 1. The van der Waals surface area contributed by atoms with Crippen molar-refractivity contribution in [3.63, 3.8) is 0 Å². The van der Waals surface area contributed by atoms with Gasteiger partial charge in [0.15, 0.2) is 0 Å². The Morgan fingerprint density at radius 3 is 2.71 bits per heavy atom. The molecule has 0 saturated carbocycles. The highest BCUT2D eigenvalue weighted by atomic mass is 32.1. The quantitative estimate of drug-likeness (QED) is 0.310. The Hall–Kier alpha value is -3.78. The SMILES string of the molecule is Cc1ccc(COc2ccc(/C=N/NC(=O)Cn3cnc4sc5c(c4c3=O)CCCC5)cc2)cc1. The maximum absolute atomic E-state index is 13.0. The van der Waals surface area contributed by atoms with E-state index in [2.05, 4.69) is 46.7 Å². The standard InChI is InChI=1S/C27H26N4O3S/c1-18-6-8-20(9-7-18)16-34-21-12-10-19(11-13-21)14-29-30-24(32)15-31-17-28-26-25(27(31)33)22-4-2-3-5-23(22)35-26/h6-14,17H,2-5,15-16H2,1H3,(H,30,32)/b29-14+. The lowest BCUT2D eigenvalue weighted by Crippen LogP contribution is -2.30. The molecule has 5 rings (SSSR count). The van der Waals surface area contributed by atoms with Crippen LogP contribution in [0.3, 0.4) is 0 Å². The number of carbonyl (C=O) groups excluding carboxylic acids is 1. The van der Waals surface area contributed by atoms with Crippen LogP contribution in [0.25, 0.3) is 10.2 Å². The molecule has 0 aliphatic heterocycles. The Balaban J connectivity index is 1.16. The summed E-state index contributed by atoms with van der Waals surface area (Å²) in [6.45, 7) is 2.42. The summed E-state index contributed by atoms with van der Waals surface area (Å²) in [4.78, 5) is 31.8. The molecule has 0 bridgehead atoms. The van der Waals surface area contributed by atoms with Gasteiger partial charge < -0.3 is 4.74 Å². The number of nitrogens with zero attached hydrogens (tertiary/aromatic N) is 3. The van der Waals surface area contributed by atoms with E-state index in [1.807, 2.05) is 24.3 Å². The molecule has 35 heavy (non-hydrogen) atoms. The summed E-state index contributed by atoms with van der Waals surface area (Å²) in [6, 6.07) is 15.7. The van der Waals surface area contributed by atoms with Crippen molar-refractivity contribution in [2.24, 2.45) is 5.10 Å². The first kappa shape index (κ1) is 23.0. The van der Waals surface area contributed by atoms with Crippen molar-refractivity contribution in [1.82, 2.24) is 15.0 Å². The van der Waals surface area contributed by atoms with E-state index >= 15 is 0 Å². The van der Waals surface area contributed by atoms with Gasteiger partial charge in [0.2, 0.25) is 0 Å². The van der Waals surface area contributed by atoms with Gasteiger partial charge in [0, 0.05) is 4.88 Å². The number of aromatic nitrogens is 2. The number of fused-ring (bicyclic) bond motifs is 3. The minimum absolute atomic E-state index is 0.129. The van der Waals surface area contributed by atoms with Crippen LogP contribution >= 0.6 is 11.3 Å². The zero-order valence-corrected chi connectivity index (χ0v) is 20.3. The van der Waals surface area contributed by atoms with Gasteiger partial charge in [-0.05, 0) is 73.6 Å². The van der Waals surface area contributed by atoms with Crippen LogP contribution in [0.5, 0.6) is 5.75 Å². The third-order valence-corrected chi connectivity index (χ3v) is 7.26. The largest absolute Gasteiger partial charge is 0.489 e. The van der Waals surface area contributed by atoms with Gasteiger partial charge in [-0.25, -0.2) is 10.4 Å². The van der Waals surface area contributed by atoms with E-state index in [0.717, 1.165) is 53.0 Å². The van der Waals surface area contributed by atoms with Crippen molar-refractivity contribution in [2.45, 2.75) is 45.8 Å². The molecule has 2 heterocycles. The van der Waals surface area contributed by atoms with Gasteiger partial charge in [-0.15, -0.1) is 11.3 Å². The van der Waals surface area contributed by atoms with Gasteiger partial charge in [0.25, 0.3) is 11.5 Å². The number of amides is 1. The zero-order chi connectivity index (χ0) is 24.2. The molecule has 4 aromatic rings. The van der Waals surface area contributed by atoms with Crippen molar-refractivity contribution in [3.8, 4) is 5.75 Å². The van der Waals surface area contributed by atoms with Crippen LogP contribution < -0.4 is 15.7 Å². The summed E-state index contributed by atoms with van der Waals surface area (Å²) in [7, 11) is 0. The van der Waals surface area contributed by atoms with Gasteiger partial charge in [0.1, 0.15) is 23.7 Å². The summed E-state index contributed by atoms with van der Waals surface area (Å²) in [5.74, 6) is 0.372. The summed E-state index contributed by atoms with van der Waals surface area (Å²) in [5.41, 5.74) is 6.60. The van der Waals surface area contributed by atoms with E-state index < -0.39 is 0 Å². The van der Waals surface area contributed by atoms with Crippen LogP contribution in [0.15, 0.2) is 64.8 Å². The molecule has 0 fully saturated rings. The minimum Gasteiger partial charge on any atom is -0.489 e. The topological polar surface area (TPSA) is 85.6 Å². The van der Waals surface area contributed by atoms with Crippen LogP contribution in [-0.2, 0) is 30.8 Å². The lowest BCUT2D eigenvalue weighted by molar-refractivity contribution is -0.121. The van der Waals surface area contributed by atoms with Crippen molar-refractivity contribution in [1.29, 1.82) is 0 Å². The summed E-state index contributed by atoms with van der Waals surface area (Å²) in [5, 5.41) is 4.70. The van der Waals surface area contributed by atoms with Crippen LogP contribution in [-0.4, -0.2) is 21.7 Å². The molecule has 178 valence electrons. The average Bonchev–Trinajstić information content (AvgIpc) is 3.26. The predicted molar refractivity (Wildman–Crippen MR) is 138 cm³/mol. The number of hydrogen-bond acceptors (Lipinski definition) is 6. The molecule has 0 unspecified atom stereocenters. The molecule has 0 radical (unpaired) electrons. The molecule has 0 atom stereocenters. The van der Waals surface area contributed by atoms with E-state index in [9.17, 15) is 9.59 Å². The molecule has 0 saturated heterocycles. The number of nitrogens with one attached hydrogen (secondary N) is 1. The molecular weight excluding hydrogens is 460 g/mol. The lowest BCUT2D eigenvalue weighted by atomic mass is 9.97. The van der Waals surface area contributed by atoms with Gasteiger partial charge >= 0.3 is 0 Å². The first-order chi connectivity index (χ1) is 17.1. The Morgan fingerprint density at radius 1 is 1.14 bits per heavy atom. The van der Waals surface area contributed by atoms with Gasteiger partial charge in [-0.2, -0.15) is 5.10 Å². The third kappa shape index (κ3) is 5.33. The molecule has 2 aromatic carbocycles. The van der Waals surface area contributed by atoms with Gasteiger partial charge in [0.05, 0.1) is 17.9 Å². The molecule has 1 amide bonds. The fraction of sp³-hybridized carbons (Fsp3) is 0.259. The molecule has 0 spiro atoms. The van der Waals surface area contributed by atoms with Crippen LogP contribution in [0, 0.1) is 6.92 Å². The fourth-order valence-electron chi connectivity index (χ4n) is 4.16. The van der Waals surface area contributed by atoms with Crippen molar-refractivity contribution >= 4 is 33.7 Å². The smallest absolute Gasteiger partial charge is 0.262 e. The second kappa shape index (κ2) is 10.2. The van der Waals surface area contributed by atoms with E-state index in [4.69, 9.17) is 4.74 Å². The first-order valence-corrected chi connectivity index (χ1v) is 12.5. The molecule has 1 N–H and O–H groups in total. The Morgan fingerprint density at radius 2 is 1.91 bits per heavy atom. The first-order valence-electron chi connectivity index (χ1n) is 11.7. The lowest BCUT2D eigenvalue weighted by Gasteiger charge is -2.10. The molecule has 8 heteroatoms. The van der Waals surface area contributed by atoms with Crippen LogP contribution in [0.2, 0.25) is 0 Å². The second-order valence-corrected chi connectivity index (χ2v) is 9.79. The number of ether oxygens (including phenoxy) is 1. The zero-order valence-electron chi connectivity index (χ0n) is 19.5. The molecular formula is C27H26N4O3S. The van der Waals surface area contributed by atoms with E-state index in [-0.39, 0.29) is 18.0 Å². The highest BCUT2D eigenvalue weighted by Crippen LogP contribution is 2.33. The number of aryl methyl sites for hydroxylation is 3. The van der Waals surface area contributed by atoms with E-state index in [1.165, 1.54) is 21.3 Å². The number of benzene rings is 2. The van der Waals surface area contributed by atoms with Gasteiger partial charge in [-0.3, -0.25) is 14.2 Å². The number of carbonyl (C=O) groups is 1. The van der Waals surface area contributed by atoms with Crippen LogP contribution in [0.1, 0.15) is 40.0 Å². The second-order valence-electron chi connectivity index (χ2n) is 8.71. The Kier molecular flexibility index (Phi) is 6.72. The number of rotatable bonds is 7. The highest BCUT2D eigenvalue weighted by Gasteiger charge is 2.20. The minimum atomic E-state index is -0.383. The van der Waals surface area contributed by atoms with E-state index in [1.54, 1.807) is 17.6 Å². The normalized spacial score (nSPS) is 13.2. The molecule has 7 nitrogen and oxygen atoms in total. The summed E-state index contributed by atoms with van der Waals surface area (Å²) >= 11 is 1.60. The van der Waals surface area contributed by atoms with Crippen molar-refractivity contribution < 1.29 is 9.53 Å². The predicted octanol–water partition coefficient (Wildman–Crippen LogP) is 4.37. The number of hydrazone groups is 1. The summed E-state index contributed by atoms with van der Waals surface area (Å²) in [6.07, 6.45) is 7.15. The maximum atomic E-state index is 13.0. The fourth-order valence-corrected chi connectivity index (χ4v) is 5.38. The van der Waals surface area contributed by atoms with Crippen molar-refractivity contribution in [2.75, 3.05) is 0 Å².